The first-order chi connectivity index (χ1) is 16.9. The molecule has 1 fully saturated rings. The maximum absolute atomic E-state index is 15.0. The Balaban J connectivity index is 0.000000672. The van der Waals surface area contributed by atoms with Gasteiger partial charge in [0.05, 0.1) is 31.2 Å². The average molecular weight is 484 g/mol. The van der Waals surface area contributed by atoms with Crippen molar-refractivity contribution in [2.45, 2.75) is 38.3 Å². The number of ether oxygens (including phenoxy) is 1. The third kappa shape index (κ3) is 5.87. The number of anilines is 1. The van der Waals surface area contributed by atoms with E-state index in [0.29, 0.717) is 53.1 Å². The van der Waals surface area contributed by atoms with E-state index in [1.54, 1.807) is 42.5 Å². The van der Waals surface area contributed by atoms with E-state index in [4.69, 9.17) is 14.6 Å². The lowest BCUT2D eigenvalue weighted by Gasteiger charge is -2.11. The zero-order valence-electron chi connectivity index (χ0n) is 19.1. The monoisotopic (exact) mass is 483 g/mol. The molecular formula is C22H26FN9O3. The number of benzene rings is 1. The van der Waals surface area contributed by atoms with Gasteiger partial charge in [-0.05, 0) is 25.0 Å². The third-order valence-electron chi connectivity index (χ3n) is 5.55. The Labute approximate surface area is 199 Å². The lowest BCUT2D eigenvalue weighted by atomic mass is 10.1. The smallest absolute Gasteiger partial charge is 0.402 e. The number of nitrogens with two attached hydrogens (primary N) is 1. The minimum Gasteiger partial charge on any atom is -0.465 e. The minimum atomic E-state index is -1.33. The highest BCUT2D eigenvalue weighted by Crippen LogP contribution is 2.26. The molecule has 12 nitrogen and oxygen atoms in total. The van der Waals surface area contributed by atoms with Crippen molar-refractivity contribution in [3.63, 3.8) is 0 Å². The van der Waals surface area contributed by atoms with Crippen molar-refractivity contribution in [3.05, 3.63) is 42.6 Å². The number of rotatable bonds is 7. The van der Waals surface area contributed by atoms with Crippen molar-refractivity contribution in [1.29, 1.82) is 0 Å². The number of amides is 1. The summed E-state index contributed by atoms with van der Waals surface area (Å²) in [6, 6.07) is 5.34. The van der Waals surface area contributed by atoms with Crippen LogP contribution in [0.5, 0.6) is 0 Å². The van der Waals surface area contributed by atoms with Crippen molar-refractivity contribution in [2.75, 3.05) is 19.0 Å². The lowest BCUT2D eigenvalue weighted by molar-refractivity contribution is 0.183. The summed E-state index contributed by atoms with van der Waals surface area (Å²) in [4.78, 5) is 17.7. The molecule has 4 N–H and O–H groups in total. The highest BCUT2D eigenvalue weighted by molar-refractivity contribution is 5.72. The van der Waals surface area contributed by atoms with Crippen molar-refractivity contribution < 1.29 is 19.0 Å². The highest BCUT2D eigenvalue weighted by Gasteiger charge is 2.18. The zero-order valence-corrected chi connectivity index (χ0v) is 19.1. The van der Waals surface area contributed by atoms with Gasteiger partial charge in [0.2, 0.25) is 5.95 Å². The fraction of sp³-hybridized carbons (Fsp3) is 0.364. The van der Waals surface area contributed by atoms with Crippen LogP contribution in [-0.4, -0.2) is 65.7 Å². The molecule has 5 rings (SSSR count). The van der Waals surface area contributed by atoms with Crippen molar-refractivity contribution in [1.82, 2.24) is 34.7 Å². The van der Waals surface area contributed by atoms with Crippen LogP contribution in [0, 0.1) is 5.82 Å². The molecule has 184 valence electrons. The Morgan fingerprint density at radius 2 is 2.09 bits per heavy atom. The Morgan fingerprint density at radius 1 is 1.31 bits per heavy atom. The molecule has 1 amide bonds. The lowest BCUT2D eigenvalue weighted by Crippen LogP contribution is -2.16. The maximum atomic E-state index is 15.0. The van der Waals surface area contributed by atoms with Crippen LogP contribution in [0.2, 0.25) is 0 Å². The quantitative estimate of drug-likeness (QED) is 0.359. The molecule has 1 saturated carbocycles. The standard InChI is InChI=1S/C21H23FN8O.CH3NO2/c1-31-9-8-29-13-14(11-24-29)17-7-6-16(10-18(17)22)30-20-19(27-28-30)12-23-21(26-20)25-15-4-2-3-5-15;2-1(3)4/h6-7,10-13,15H,2-5,8-9H2,1H3,(H,23,25,26);2H2,(H,3,4). The van der Waals surface area contributed by atoms with Crippen LogP contribution in [0.3, 0.4) is 0 Å². The second-order valence-electron chi connectivity index (χ2n) is 8.02. The van der Waals surface area contributed by atoms with Crippen LogP contribution in [0.4, 0.5) is 15.1 Å². The number of carbonyl (C=O) groups is 1. The number of carboxylic acid groups (broad SMARTS) is 1. The molecule has 0 bridgehead atoms. The number of aromatic nitrogens is 7. The number of nitrogens with one attached hydrogen (secondary N) is 1. The van der Waals surface area contributed by atoms with E-state index in [-0.39, 0.29) is 5.82 Å². The molecule has 4 aromatic rings. The van der Waals surface area contributed by atoms with E-state index in [2.05, 4.69) is 36.4 Å². The molecule has 13 heteroatoms. The van der Waals surface area contributed by atoms with Gasteiger partial charge in [0.1, 0.15) is 5.82 Å². The van der Waals surface area contributed by atoms with Gasteiger partial charge in [0.25, 0.3) is 0 Å². The summed E-state index contributed by atoms with van der Waals surface area (Å²) >= 11 is 0. The fourth-order valence-corrected chi connectivity index (χ4v) is 3.90. The summed E-state index contributed by atoms with van der Waals surface area (Å²) in [5, 5.41) is 23.1. The normalized spacial score (nSPS) is 13.5. The van der Waals surface area contributed by atoms with Crippen molar-refractivity contribution >= 4 is 23.2 Å². The van der Waals surface area contributed by atoms with Crippen molar-refractivity contribution in [2.24, 2.45) is 5.73 Å². The number of fused-ring (bicyclic) bond motifs is 1. The van der Waals surface area contributed by atoms with Crippen LogP contribution >= 0.6 is 0 Å². The molecule has 0 radical (unpaired) electrons. The van der Waals surface area contributed by atoms with Crippen LogP contribution in [0.15, 0.2) is 36.8 Å². The molecule has 0 aliphatic heterocycles. The largest absolute Gasteiger partial charge is 0.465 e. The number of hydrogen-bond donors (Lipinski definition) is 3. The van der Waals surface area contributed by atoms with Gasteiger partial charge in [-0.3, -0.25) is 4.68 Å². The highest BCUT2D eigenvalue weighted by atomic mass is 19.1. The Kier molecular flexibility index (Phi) is 7.45. The van der Waals surface area contributed by atoms with Gasteiger partial charge in [0, 0.05) is 36.5 Å². The van der Waals surface area contributed by atoms with E-state index in [1.165, 1.54) is 23.6 Å². The van der Waals surface area contributed by atoms with Gasteiger partial charge in [-0.1, -0.05) is 18.1 Å². The van der Waals surface area contributed by atoms with Gasteiger partial charge in [-0.25, -0.2) is 14.2 Å². The van der Waals surface area contributed by atoms with Gasteiger partial charge in [0.15, 0.2) is 11.2 Å². The first-order valence-electron chi connectivity index (χ1n) is 11.1. The number of methoxy groups -OCH3 is 1. The van der Waals surface area contributed by atoms with E-state index < -0.39 is 6.09 Å². The van der Waals surface area contributed by atoms with Crippen LogP contribution in [-0.2, 0) is 11.3 Å². The number of nitrogens with zero attached hydrogens (tertiary/aromatic N) is 7. The van der Waals surface area contributed by atoms with Gasteiger partial charge < -0.3 is 20.9 Å². The SMILES string of the molecule is COCCn1cc(-c2ccc(-n3nnc4cnc(NC5CCCC5)nc43)cc2F)cn1.NC(=O)O. The van der Waals surface area contributed by atoms with Gasteiger partial charge >= 0.3 is 6.09 Å². The summed E-state index contributed by atoms with van der Waals surface area (Å²) in [6.45, 7) is 1.15. The van der Waals surface area contributed by atoms with E-state index in [1.807, 2.05) is 0 Å². The number of halogens is 1. The summed E-state index contributed by atoms with van der Waals surface area (Å²) in [6.07, 6.45) is 8.43. The first kappa shape index (κ1) is 24.0. The second kappa shape index (κ2) is 10.9. The maximum Gasteiger partial charge on any atom is 0.402 e. The fourth-order valence-electron chi connectivity index (χ4n) is 3.90. The first-order valence-corrected chi connectivity index (χ1v) is 11.1. The molecule has 0 atom stereocenters. The zero-order chi connectivity index (χ0) is 24.8. The van der Waals surface area contributed by atoms with Crippen molar-refractivity contribution in [3.8, 4) is 16.8 Å². The summed E-state index contributed by atoms with van der Waals surface area (Å²) in [7, 11) is 1.63. The molecule has 1 aromatic carbocycles. The molecule has 1 aliphatic rings. The molecule has 35 heavy (non-hydrogen) atoms. The third-order valence-corrected chi connectivity index (χ3v) is 5.55. The molecule has 0 unspecified atom stereocenters. The summed E-state index contributed by atoms with van der Waals surface area (Å²) in [5.41, 5.74) is 6.83. The topological polar surface area (TPSA) is 159 Å². The molecule has 3 aromatic heterocycles. The minimum absolute atomic E-state index is 0.370. The second-order valence-corrected chi connectivity index (χ2v) is 8.02. The van der Waals surface area contributed by atoms with Gasteiger partial charge in [-0.2, -0.15) is 14.8 Å². The number of primary amides is 1. The van der Waals surface area contributed by atoms with Crippen LogP contribution in [0.1, 0.15) is 25.7 Å². The Bertz CT molecular complexity index is 1300. The average Bonchev–Trinajstić information content (AvgIpc) is 3.58. The molecule has 3 heterocycles. The Hall–Kier alpha value is -4.13. The van der Waals surface area contributed by atoms with E-state index >= 15 is 0 Å². The number of hydrogen-bond acceptors (Lipinski definition) is 8. The Morgan fingerprint density at radius 3 is 2.80 bits per heavy atom. The van der Waals surface area contributed by atoms with E-state index in [0.717, 1.165) is 12.8 Å². The van der Waals surface area contributed by atoms with Gasteiger partial charge in [-0.15, -0.1) is 5.10 Å². The summed E-state index contributed by atoms with van der Waals surface area (Å²) < 4.78 is 23.3. The molecule has 0 saturated heterocycles. The van der Waals surface area contributed by atoms with E-state index in [9.17, 15) is 4.39 Å². The van der Waals surface area contributed by atoms with Crippen LogP contribution in [0.25, 0.3) is 28.0 Å². The summed E-state index contributed by atoms with van der Waals surface area (Å²) in [5.74, 6) is 0.175. The predicted octanol–water partition coefficient (Wildman–Crippen LogP) is 2.84. The molecule has 0 spiro atoms. The predicted molar refractivity (Wildman–Crippen MR) is 126 cm³/mol. The van der Waals surface area contributed by atoms with Crippen LogP contribution < -0.4 is 11.1 Å². The molecule has 1 aliphatic carbocycles. The molecular weight excluding hydrogens is 457 g/mol.